The van der Waals surface area contributed by atoms with Crippen molar-refractivity contribution in [1.29, 1.82) is 0 Å². The first kappa shape index (κ1) is 18.5. The maximum absolute atomic E-state index is 12.6. The van der Waals surface area contributed by atoms with E-state index < -0.39 is 5.91 Å². The van der Waals surface area contributed by atoms with E-state index in [0.29, 0.717) is 11.3 Å². The number of carbonyl (C=O) groups is 2. The van der Waals surface area contributed by atoms with E-state index in [1.165, 1.54) is 0 Å². The lowest BCUT2D eigenvalue weighted by Gasteiger charge is -2.33. The van der Waals surface area contributed by atoms with Gasteiger partial charge in [0.15, 0.2) is 6.61 Å². The van der Waals surface area contributed by atoms with Crippen molar-refractivity contribution in [3.05, 3.63) is 65.7 Å². The summed E-state index contributed by atoms with van der Waals surface area (Å²) >= 11 is 0. The third-order valence-corrected chi connectivity index (χ3v) is 4.43. The molecule has 0 aliphatic carbocycles. The summed E-state index contributed by atoms with van der Waals surface area (Å²) in [6.07, 6.45) is 0. The third kappa shape index (κ3) is 4.83. The number of benzene rings is 2. The van der Waals surface area contributed by atoms with Gasteiger partial charge in [0, 0.05) is 17.0 Å². The second-order valence-corrected chi connectivity index (χ2v) is 6.57. The molecule has 0 heterocycles. The van der Waals surface area contributed by atoms with Crippen LogP contribution in [-0.2, 0) is 10.2 Å². The van der Waals surface area contributed by atoms with Gasteiger partial charge in [-0.05, 0) is 30.7 Å². The quantitative estimate of drug-likeness (QED) is 0.813. The molecule has 25 heavy (non-hydrogen) atoms. The molecule has 5 heteroatoms. The Kier molecular flexibility index (Phi) is 5.80. The summed E-state index contributed by atoms with van der Waals surface area (Å²) in [5.74, 6) is -0.324. The van der Waals surface area contributed by atoms with Gasteiger partial charge >= 0.3 is 0 Å². The molecule has 2 rings (SSSR count). The van der Waals surface area contributed by atoms with Crippen LogP contribution in [-0.4, -0.2) is 24.5 Å². The highest BCUT2D eigenvalue weighted by molar-refractivity contribution is 5.94. The van der Waals surface area contributed by atoms with E-state index in [4.69, 9.17) is 10.5 Å². The minimum atomic E-state index is -0.562. The van der Waals surface area contributed by atoms with Crippen LogP contribution in [0.5, 0.6) is 5.75 Å². The number of nitrogens with two attached hydrogens (primary N) is 1. The van der Waals surface area contributed by atoms with Gasteiger partial charge in [-0.1, -0.05) is 50.2 Å². The topological polar surface area (TPSA) is 81.4 Å². The molecule has 5 nitrogen and oxygen atoms in total. The van der Waals surface area contributed by atoms with Gasteiger partial charge in [0.25, 0.3) is 11.8 Å². The van der Waals surface area contributed by atoms with E-state index in [1.54, 1.807) is 24.3 Å². The summed E-state index contributed by atoms with van der Waals surface area (Å²) < 4.78 is 5.25. The van der Waals surface area contributed by atoms with E-state index in [2.05, 4.69) is 31.3 Å². The summed E-state index contributed by atoms with van der Waals surface area (Å²) in [7, 11) is 0. The SMILES string of the molecule is C[C@@H](NC(=O)c1cccc(OCC(N)=O)c1)C(C)(C)c1ccccc1. The van der Waals surface area contributed by atoms with Crippen molar-refractivity contribution >= 4 is 11.8 Å². The van der Waals surface area contributed by atoms with Gasteiger partial charge in [-0.25, -0.2) is 0 Å². The van der Waals surface area contributed by atoms with Crippen molar-refractivity contribution < 1.29 is 14.3 Å². The molecule has 2 amide bonds. The normalized spacial score (nSPS) is 12.3. The number of rotatable bonds is 7. The molecule has 2 aromatic rings. The molecule has 1 atom stereocenters. The minimum absolute atomic E-state index is 0.0856. The molecule has 0 unspecified atom stereocenters. The summed E-state index contributed by atoms with van der Waals surface area (Å²) in [6, 6.07) is 16.7. The fourth-order valence-electron chi connectivity index (χ4n) is 2.46. The first-order chi connectivity index (χ1) is 11.8. The average Bonchev–Trinajstić information content (AvgIpc) is 2.60. The van der Waals surface area contributed by atoms with Crippen LogP contribution in [0.4, 0.5) is 0 Å². The van der Waals surface area contributed by atoms with Gasteiger partial charge in [0.1, 0.15) is 5.75 Å². The Labute approximate surface area is 148 Å². The molecule has 0 aliphatic heterocycles. The van der Waals surface area contributed by atoms with Crippen LogP contribution in [0.25, 0.3) is 0 Å². The fourth-order valence-corrected chi connectivity index (χ4v) is 2.46. The molecule has 0 saturated heterocycles. The second-order valence-electron chi connectivity index (χ2n) is 6.57. The molecular weight excluding hydrogens is 316 g/mol. The molecule has 0 aliphatic rings. The smallest absolute Gasteiger partial charge is 0.255 e. The summed E-state index contributed by atoms with van der Waals surface area (Å²) in [5, 5.41) is 3.04. The number of amides is 2. The zero-order valence-corrected chi connectivity index (χ0v) is 14.8. The molecule has 2 aromatic carbocycles. The van der Waals surface area contributed by atoms with Crippen LogP contribution in [0, 0.1) is 0 Å². The van der Waals surface area contributed by atoms with Crippen molar-refractivity contribution in [2.75, 3.05) is 6.61 Å². The number of hydrogen-bond donors (Lipinski definition) is 2. The molecular formula is C20H24N2O3. The van der Waals surface area contributed by atoms with Crippen LogP contribution < -0.4 is 15.8 Å². The van der Waals surface area contributed by atoms with Crippen LogP contribution in [0.15, 0.2) is 54.6 Å². The zero-order valence-electron chi connectivity index (χ0n) is 14.8. The van der Waals surface area contributed by atoms with E-state index in [0.717, 1.165) is 5.56 Å². The lowest BCUT2D eigenvalue weighted by Crippen LogP contribution is -2.45. The maximum atomic E-state index is 12.6. The Morgan fingerprint density at radius 2 is 1.80 bits per heavy atom. The number of carbonyl (C=O) groups excluding carboxylic acids is 2. The minimum Gasteiger partial charge on any atom is -0.484 e. The van der Waals surface area contributed by atoms with Gasteiger partial charge in [0.2, 0.25) is 0 Å². The summed E-state index contributed by atoms with van der Waals surface area (Å²) in [6.45, 7) is 5.96. The van der Waals surface area contributed by atoms with Gasteiger partial charge in [0.05, 0.1) is 0 Å². The Hall–Kier alpha value is -2.82. The number of nitrogens with one attached hydrogen (secondary N) is 1. The van der Waals surface area contributed by atoms with E-state index in [-0.39, 0.29) is 24.0 Å². The van der Waals surface area contributed by atoms with Crippen molar-refractivity contribution in [1.82, 2.24) is 5.32 Å². The number of hydrogen-bond acceptors (Lipinski definition) is 3. The molecule has 0 aromatic heterocycles. The maximum Gasteiger partial charge on any atom is 0.255 e. The Bertz CT molecular complexity index is 742. The largest absolute Gasteiger partial charge is 0.484 e. The van der Waals surface area contributed by atoms with Crippen molar-refractivity contribution in [3.8, 4) is 5.75 Å². The highest BCUT2D eigenvalue weighted by atomic mass is 16.5. The van der Waals surface area contributed by atoms with Gasteiger partial charge in [-0.3, -0.25) is 9.59 Å². The molecule has 0 saturated carbocycles. The highest BCUT2D eigenvalue weighted by Gasteiger charge is 2.29. The van der Waals surface area contributed by atoms with Gasteiger partial charge in [-0.2, -0.15) is 0 Å². The summed E-state index contributed by atoms with van der Waals surface area (Å²) in [5.41, 5.74) is 6.46. The molecule has 3 N–H and O–H groups in total. The molecule has 132 valence electrons. The predicted molar refractivity (Wildman–Crippen MR) is 97.5 cm³/mol. The van der Waals surface area contributed by atoms with Crippen LogP contribution in [0.2, 0.25) is 0 Å². The van der Waals surface area contributed by atoms with Crippen LogP contribution >= 0.6 is 0 Å². The highest BCUT2D eigenvalue weighted by Crippen LogP contribution is 2.27. The Morgan fingerprint density at radius 1 is 1.12 bits per heavy atom. The number of primary amides is 1. The monoisotopic (exact) mass is 340 g/mol. The summed E-state index contributed by atoms with van der Waals surface area (Å²) in [4.78, 5) is 23.4. The molecule has 0 spiro atoms. The zero-order chi connectivity index (χ0) is 18.4. The van der Waals surface area contributed by atoms with Gasteiger partial charge in [-0.15, -0.1) is 0 Å². The van der Waals surface area contributed by atoms with Crippen molar-refractivity contribution in [2.24, 2.45) is 5.73 Å². The van der Waals surface area contributed by atoms with Crippen LogP contribution in [0.3, 0.4) is 0 Å². The first-order valence-corrected chi connectivity index (χ1v) is 8.18. The van der Waals surface area contributed by atoms with E-state index >= 15 is 0 Å². The van der Waals surface area contributed by atoms with Gasteiger partial charge < -0.3 is 15.8 Å². The van der Waals surface area contributed by atoms with Crippen molar-refractivity contribution in [2.45, 2.75) is 32.2 Å². The standard InChI is InChI=1S/C20H24N2O3/c1-14(20(2,3)16-9-5-4-6-10-16)22-19(24)15-8-7-11-17(12-15)25-13-18(21)23/h4-12,14H,13H2,1-3H3,(H2,21,23)(H,22,24)/t14-/m1/s1. The average molecular weight is 340 g/mol. The lowest BCUT2D eigenvalue weighted by atomic mass is 9.78. The Morgan fingerprint density at radius 3 is 2.44 bits per heavy atom. The van der Waals surface area contributed by atoms with Crippen molar-refractivity contribution in [3.63, 3.8) is 0 Å². The number of ether oxygens (including phenoxy) is 1. The van der Waals surface area contributed by atoms with E-state index in [1.807, 2.05) is 25.1 Å². The second kappa shape index (κ2) is 7.83. The predicted octanol–water partition coefficient (Wildman–Crippen LogP) is 2.65. The van der Waals surface area contributed by atoms with E-state index in [9.17, 15) is 9.59 Å². The fraction of sp³-hybridized carbons (Fsp3) is 0.300. The molecule has 0 bridgehead atoms. The lowest BCUT2D eigenvalue weighted by molar-refractivity contribution is -0.119. The van der Waals surface area contributed by atoms with Crippen LogP contribution in [0.1, 0.15) is 36.7 Å². The third-order valence-electron chi connectivity index (χ3n) is 4.43. The Balaban J connectivity index is 2.08. The molecule has 0 radical (unpaired) electrons. The molecule has 0 fully saturated rings. The first-order valence-electron chi connectivity index (χ1n) is 8.18.